The van der Waals surface area contributed by atoms with Crippen LogP contribution < -0.4 is 0 Å². The topological polar surface area (TPSA) is 58.2 Å². The van der Waals surface area contributed by atoms with Crippen molar-refractivity contribution in [3.05, 3.63) is 18.2 Å². The minimum absolute atomic E-state index is 0.0000350. The number of rotatable bonds is 3. The number of ether oxygens (including phenoxy) is 1. The molecule has 5 nitrogen and oxygen atoms in total. The fraction of sp³-hybridized carbons (Fsp3) is 0.636. The zero-order chi connectivity index (χ0) is 11.5. The van der Waals surface area contributed by atoms with Crippen molar-refractivity contribution in [3.63, 3.8) is 0 Å². The van der Waals surface area contributed by atoms with Crippen molar-refractivity contribution >= 4 is 5.91 Å². The van der Waals surface area contributed by atoms with E-state index in [0.717, 1.165) is 12.2 Å². The lowest BCUT2D eigenvalue weighted by molar-refractivity contribution is -0.136. The molecule has 1 aromatic heterocycles. The molecular formula is C11H17N3O2. The van der Waals surface area contributed by atoms with Gasteiger partial charge in [-0.15, -0.1) is 0 Å². The van der Waals surface area contributed by atoms with Gasteiger partial charge in [-0.25, -0.2) is 4.98 Å². The van der Waals surface area contributed by atoms with E-state index in [1.165, 1.54) is 0 Å². The average molecular weight is 223 g/mol. The van der Waals surface area contributed by atoms with E-state index in [1.54, 1.807) is 24.3 Å². The van der Waals surface area contributed by atoms with Gasteiger partial charge >= 0.3 is 0 Å². The minimum Gasteiger partial charge on any atom is -0.378 e. The molecule has 1 aliphatic rings. The lowest BCUT2D eigenvalue weighted by Crippen LogP contribution is -2.35. The van der Waals surface area contributed by atoms with E-state index in [1.807, 2.05) is 6.92 Å². The second kappa shape index (κ2) is 4.65. The van der Waals surface area contributed by atoms with Crippen molar-refractivity contribution in [1.82, 2.24) is 14.9 Å². The highest BCUT2D eigenvalue weighted by Gasteiger charge is 2.32. The van der Waals surface area contributed by atoms with Crippen LogP contribution in [0.25, 0.3) is 0 Å². The van der Waals surface area contributed by atoms with Crippen LogP contribution in [0.4, 0.5) is 0 Å². The van der Waals surface area contributed by atoms with Gasteiger partial charge in [-0.2, -0.15) is 0 Å². The molecule has 0 bridgehead atoms. The third kappa shape index (κ3) is 2.24. The highest BCUT2D eigenvalue weighted by molar-refractivity contribution is 5.79. The molecule has 1 aliphatic heterocycles. The van der Waals surface area contributed by atoms with Crippen molar-refractivity contribution in [3.8, 4) is 0 Å². The van der Waals surface area contributed by atoms with Crippen LogP contribution in [0.1, 0.15) is 19.2 Å². The molecule has 1 saturated heterocycles. The van der Waals surface area contributed by atoms with Crippen molar-refractivity contribution in [1.29, 1.82) is 0 Å². The van der Waals surface area contributed by atoms with E-state index < -0.39 is 0 Å². The normalized spacial score (nSPS) is 24.6. The van der Waals surface area contributed by atoms with E-state index in [4.69, 9.17) is 4.74 Å². The number of nitrogens with zero attached hydrogens (tertiary/aromatic N) is 2. The first-order valence-corrected chi connectivity index (χ1v) is 5.53. The van der Waals surface area contributed by atoms with Gasteiger partial charge in [0.15, 0.2) is 0 Å². The summed E-state index contributed by atoms with van der Waals surface area (Å²) in [5.41, 5.74) is 0. The number of nitrogens with one attached hydrogen (secondary N) is 1. The summed E-state index contributed by atoms with van der Waals surface area (Å²) in [7, 11) is 1.80. The van der Waals surface area contributed by atoms with Gasteiger partial charge in [-0.3, -0.25) is 4.79 Å². The molecule has 0 saturated carbocycles. The number of carbonyl (C=O) groups excluding carboxylic acids is 1. The molecule has 0 aliphatic carbocycles. The number of H-pyrrole nitrogens is 1. The summed E-state index contributed by atoms with van der Waals surface area (Å²) in [5.74, 6) is 0.948. The average Bonchev–Trinajstić information content (AvgIpc) is 2.88. The SMILES string of the molecule is CC1OCCC1C(=O)N(C)Cc1ncc[nH]1. The Kier molecular flexibility index (Phi) is 3.24. The minimum atomic E-state index is -0.0000350. The first-order valence-electron chi connectivity index (χ1n) is 5.53. The third-order valence-corrected chi connectivity index (χ3v) is 3.01. The summed E-state index contributed by atoms with van der Waals surface area (Å²) in [6, 6.07) is 0. The Labute approximate surface area is 94.8 Å². The second-order valence-electron chi connectivity index (χ2n) is 4.20. The third-order valence-electron chi connectivity index (χ3n) is 3.01. The number of aromatic amines is 1. The van der Waals surface area contributed by atoms with E-state index >= 15 is 0 Å². The van der Waals surface area contributed by atoms with Gasteiger partial charge < -0.3 is 14.6 Å². The van der Waals surface area contributed by atoms with E-state index in [0.29, 0.717) is 13.2 Å². The lowest BCUT2D eigenvalue weighted by atomic mass is 10.0. The van der Waals surface area contributed by atoms with Gasteiger partial charge in [0.05, 0.1) is 18.6 Å². The maximum Gasteiger partial charge on any atom is 0.228 e. The van der Waals surface area contributed by atoms with Crippen LogP contribution in [0.15, 0.2) is 12.4 Å². The largest absolute Gasteiger partial charge is 0.378 e. The Morgan fingerprint density at radius 3 is 3.12 bits per heavy atom. The molecule has 1 amide bonds. The summed E-state index contributed by atoms with van der Waals surface area (Å²) in [5, 5.41) is 0. The van der Waals surface area contributed by atoms with Crippen LogP contribution >= 0.6 is 0 Å². The predicted molar refractivity (Wildman–Crippen MR) is 58.6 cm³/mol. The molecule has 16 heavy (non-hydrogen) atoms. The number of aromatic nitrogens is 2. The number of imidazole rings is 1. The molecule has 2 rings (SSSR count). The molecule has 5 heteroatoms. The Morgan fingerprint density at radius 2 is 2.56 bits per heavy atom. The zero-order valence-corrected chi connectivity index (χ0v) is 9.64. The van der Waals surface area contributed by atoms with Crippen molar-refractivity contribution < 1.29 is 9.53 Å². The van der Waals surface area contributed by atoms with E-state index in [-0.39, 0.29) is 17.9 Å². The summed E-state index contributed by atoms with van der Waals surface area (Å²) in [6.07, 6.45) is 4.30. The first-order chi connectivity index (χ1) is 7.68. The fourth-order valence-corrected chi connectivity index (χ4v) is 2.03. The number of hydrogen-bond acceptors (Lipinski definition) is 3. The highest BCUT2D eigenvalue weighted by Crippen LogP contribution is 2.22. The van der Waals surface area contributed by atoms with Gasteiger partial charge in [-0.05, 0) is 13.3 Å². The lowest BCUT2D eigenvalue weighted by Gasteiger charge is -2.21. The Bertz CT molecular complexity index is 350. The summed E-state index contributed by atoms with van der Waals surface area (Å²) in [4.78, 5) is 20.9. The predicted octanol–water partition coefficient (Wildman–Crippen LogP) is 0.793. The maximum atomic E-state index is 12.1. The number of amides is 1. The highest BCUT2D eigenvalue weighted by atomic mass is 16.5. The molecule has 0 aromatic carbocycles. The van der Waals surface area contributed by atoms with E-state index in [9.17, 15) is 4.79 Å². The molecule has 0 radical (unpaired) electrons. The molecule has 2 atom stereocenters. The van der Waals surface area contributed by atoms with E-state index in [2.05, 4.69) is 9.97 Å². The van der Waals surface area contributed by atoms with Crippen LogP contribution in [-0.2, 0) is 16.1 Å². The maximum absolute atomic E-state index is 12.1. The van der Waals surface area contributed by atoms with Crippen LogP contribution in [0.3, 0.4) is 0 Å². The summed E-state index contributed by atoms with van der Waals surface area (Å²) < 4.78 is 5.40. The van der Waals surface area contributed by atoms with Crippen LogP contribution in [0.5, 0.6) is 0 Å². The summed E-state index contributed by atoms with van der Waals surface area (Å²) >= 11 is 0. The molecule has 1 N–H and O–H groups in total. The zero-order valence-electron chi connectivity index (χ0n) is 9.64. The quantitative estimate of drug-likeness (QED) is 0.824. The van der Waals surface area contributed by atoms with Gasteiger partial charge in [0, 0.05) is 26.0 Å². The van der Waals surface area contributed by atoms with Crippen molar-refractivity contribution in [2.45, 2.75) is 26.0 Å². The Morgan fingerprint density at radius 1 is 1.75 bits per heavy atom. The van der Waals surface area contributed by atoms with Crippen molar-refractivity contribution in [2.24, 2.45) is 5.92 Å². The molecule has 1 aromatic rings. The monoisotopic (exact) mass is 223 g/mol. The molecule has 1 fully saturated rings. The standard InChI is InChI=1S/C11H17N3O2/c1-8-9(3-6-16-8)11(15)14(2)7-10-12-4-5-13-10/h4-5,8-9H,3,6-7H2,1-2H3,(H,12,13). The smallest absolute Gasteiger partial charge is 0.228 e. The molecular weight excluding hydrogens is 206 g/mol. The molecule has 0 spiro atoms. The molecule has 2 heterocycles. The van der Waals surface area contributed by atoms with Gasteiger partial charge in [0.25, 0.3) is 0 Å². The van der Waals surface area contributed by atoms with Crippen molar-refractivity contribution in [2.75, 3.05) is 13.7 Å². The van der Waals surface area contributed by atoms with Gasteiger partial charge in [-0.1, -0.05) is 0 Å². The van der Waals surface area contributed by atoms with Gasteiger partial charge in [0.2, 0.25) is 5.91 Å². The number of hydrogen-bond donors (Lipinski definition) is 1. The Hall–Kier alpha value is -1.36. The van der Waals surface area contributed by atoms with Gasteiger partial charge in [0.1, 0.15) is 5.82 Å². The first kappa shape index (κ1) is 11.1. The number of carbonyl (C=O) groups is 1. The van der Waals surface area contributed by atoms with Crippen LogP contribution in [0.2, 0.25) is 0 Å². The molecule has 2 unspecified atom stereocenters. The fourth-order valence-electron chi connectivity index (χ4n) is 2.03. The Balaban J connectivity index is 1.94. The second-order valence-corrected chi connectivity index (χ2v) is 4.20. The summed E-state index contributed by atoms with van der Waals surface area (Å²) in [6.45, 7) is 3.16. The van der Waals surface area contributed by atoms with Crippen LogP contribution in [-0.4, -0.2) is 40.5 Å². The molecule has 88 valence electrons. The van der Waals surface area contributed by atoms with Crippen LogP contribution in [0, 0.1) is 5.92 Å².